The van der Waals surface area contributed by atoms with Crippen LogP contribution in [0.3, 0.4) is 0 Å². The summed E-state index contributed by atoms with van der Waals surface area (Å²) < 4.78 is 10.6. The first kappa shape index (κ1) is 12.9. The molecule has 0 heterocycles. The molecule has 6 nitrogen and oxygen atoms in total. The summed E-state index contributed by atoms with van der Waals surface area (Å²) in [6, 6.07) is 7.07. The minimum Gasteiger partial charge on any atom is -0.480 e. The van der Waals surface area contributed by atoms with Crippen molar-refractivity contribution >= 4 is 13.6 Å². The van der Waals surface area contributed by atoms with Crippen molar-refractivity contribution < 1.29 is 24.3 Å². The van der Waals surface area contributed by atoms with Crippen LogP contribution in [-0.4, -0.2) is 27.1 Å². The Balaban J connectivity index is 2.78. The SMILES string of the molecule is O=C(O)[C@H](NCP(=O)(O)O)c1ccccc1. The average molecular weight is 245 g/mol. The molecule has 88 valence electrons. The van der Waals surface area contributed by atoms with E-state index in [-0.39, 0.29) is 0 Å². The van der Waals surface area contributed by atoms with Crippen molar-refractivity contribution in [3.05, 3.63) is 35.9 Å². The molecule has 0 saturated carbocycles. The molecule has 0 aliphatic rings. The van der Waals surface area contributed by atoms with Gasteiger partial charge in [-0.3, -0.25) is 14.7 Å². The number of carbonyl (C=O) groups is 1. The maximum Gasteiger partial charge on any atom is 0.339 e. The van der Waals surface area contributed by atoms with Crippen LogP contribution in [0.15, 0.2) is 30.3 Å². The lowest BCUT2D eigenvalue weighted by Gasteiger charge is -2.15. The van der Waals surface area contributed by atoms with Crippen LogP contribution in [0.1, 0.15) is 11.6 Å². The third-order valence-corrected chi connectivity index (χ3v) is 2.48. The van der Waals surface area contributed by atoms with Crippen LogP contribution in [0.4, 0.5) is 0 Å². The summed E-state index contributed by atoms with van der Waals surface area (Å²) in [5.74, 6) is -1.18. The highest BCUT2D eigenvalue weighted by atomic mass is 31.2. The standard InChI is InChI=1S/C9H12NO5P/c11-9(12)8(10-6-16(13,14)15)7-4-2-1-3-5-7/h1-5,8,10H,6H2,(H,11,12)(H2,13,14,15)/t8-/m1/s1. The lowest BCUT2D eigenvalue weighted by Crippen LogP contribution is -2.29. The fraction of sp³-hybridized carbons (Fsp3) is 0.222. The van der Waals surface area contributed by atoms with E-state index in [2.05, 4.69) is 5.32 Å². The van der Waals surface area contributed by atoms with Gasteiger partial charge in [0, 0.05) is 0 Å². The van der Waals surface area contributed by atoms with Crippen LogP contribution in [0.2, 0.25) is 0 Å². The largest absolute Gasteiger partial charge is 0.480 e. The summed E-state index contributed by atoms with van der Waals surface area (Å²) in [7, 11) is -4.25. The third-order valence-electron chi connectivity index (χ3n) is 1.88. The number of aliphatic carboxylic acids is 1. The molecule has 0 aliphatic carbocycles. The Hall–Kier alpha value is -1.20. The van der Waals surface area contributed by atoms with Gasteiger partial charge in [0.15, 0.2) is 0 Å². The Kier molecular flexibility index (Phi) is 4.20. The zero-order valence-corrected chi connectivity index (χ0v) is 9.17. The van der Waals surface area contributed by atoms with E-state index in [1.54, 1.807) is 30.3 Å². The van der Waals surface area contributed by atoms with Gasteiger partial charge >= 0.3 is 13.6 Å². The molecule has 0 fully saturated rings. The molecule has 0 aromatic heterocycles. The van der Waals surface area contributed by atoms with Gasteiger partial charge in [-0.15, -0.1) is 0 Å². The van der Waals surface area contributed by atoms with E-state index in [0.717, 1.165) is 0 Å². The first-order chi connectivity index (χ1) is 7.40. The second-order valence-corrected chi connectivity index (χ2v) is 4.85. The van der Waals surface area contributed by atoms with Gasteiger partial charge in [-0.2, -0.15) is 0 Å². The second kappa shape index (κ2) is 5.23. The van der Waals surface area contributed by atoms with Gasteiger partial charge in [-0.1, -0.05) is 30.3 Å². The van der Waals surface area contributed by atoms with Gasteiger partial charge in [0.2, 0.25) is 0 Å². The summed E-state index contributed by atoms with van der Waals surface area (Å²) >= 11 is 0. The van der Waals surface area contributed by atoms with Gasteiger partial charge in [-0.25, -0.2) is 0 Å². The number of carboxylic acid groups (broad SMARTS) is 1. The van der Waals surface area contributed by atoms with Crippen LogP contribution in [0.5, 0.6) is 0 Å². The Morgan fingerprint density at radius 3 is 2.31 bits per heavy atom. The first-order valence-corrected chi connectivity index (χ1v) is 6.25. The number of rotatable bonds is 5. The van der Waals surface area contributed by atoms with E-state index < -0.39 is 25.9 Å². The minimum atomic E-state index is -4.25. The molecule has 0 saturated heterocycles. The van der Waals surface area contributed by atoms with Crippen LogP contribution in [0, 0.1) is 0 Å². The van der Waals surface area contributed by atoms with E-state index in [4.69, 9.17) is 14.9 Å². The number of nitrogens with one attached hydrogen (secondary N) is 1. The molecule has 1 aromatic rings. The highest BCUT2D eigenvalue weighted by Crippen LogP contribution is 2.33. The van der Waals surface area contributed by atoms with Crippen molar-refractivity contribution in [3.8, 4) is 0 Å². The second-order valence-electron chi connectivity index (χ2n) is 3.21. The van der Waals surface area contributed by atoms with Gasteiger partial charge in [0.05, 0.1) is 6.29 Å². The first-order valence-electron chi connectivity index (χ1n) is 4.46. The molecular weight excluding hydrogens is 233 g/mol. The molecule has 0 amide bonds. The fourth-order valence-corrected chi connectivity index (χ4v) is 1.62. The molecule has 1 aromatic carbocycles. The Bertz CT molecular complexity index is 402. The van der Waals surface area contributed by atoms with Crippen LogP contribution in [0.25, 0.3) is 0 Å². The normalized spacial score (nSPS) is 13.4. The fourth-order valence-electron chi connectivity index (χ4n) is 1.20. The highest BCUT2D eigenvalue weighted by Gasteiger charge is 2.22. The van der Waals surface area contributed by atoms with Crippen molar-refractivity contribution in [2.24, 2.45) is 0 Å². The van der Waals surface area contributed by atoms with Crippen molar-refractivity contribution in [3.63, 3.8) is 0 Å². The molecule has 0 aliphatic heterocycles. The van der Waals surface area contributed by atoms with Crippen LogP contribution >= 0.6 is 7.60 Å². The number of carboxylic acids is 1. The van der Waals surface area contributed by atoms with E-state index in [0.29, 0.717) is 5.56 Å². The number of hydrogen-bond acceptors (Lipinski definition) is 3. The lowest BCUT2D eigenvalue weighted by molar-refractivity contribution is -0.139. The monoisotopic (exact) mass is 245 g/mol. The number of hydrogen-bond donors (Lipinski definition) is 4. The van der Waals surface area contributed by atoms with Crippen molar-refractivity contribution in [2.45, 2.75) is 6.04 Å². The predicted octanol–water partition coefficient (Wildman–Crippen LogP) is 0.537. The smallest absolute Gasteiger partial charge is 0.339 e. The van der Waals surface area contributed by atoms with Gasteiger partial charge in [0.25, 0.3) is 0 Å². The summed E-state index contributed by atoms with van der Waals surface area (Å²) in [5, 5.41) is 11.2. The molecule has 7 heteroatoms. The lowest BCUT2D eigenvalue weighted by atomic mass is 10.1. The van der Waals surface area contributed by atoms with E-state index in [1.807, 2.05) is 0 Å². The summed E-state index contributed by atoms with van der Waals surface area (Å²) in [5.41, 5.74) is 0.448. The van der Waals surface area contributed by atoms with Crippen LogP contribution in [-0.2, 0) is 9.36 Å². The molecule has 0 bridgehead atoms. The molecule has 1 rings (SSSR count). The Morgan fingerprint density at radius 1 is 1.31 bits per heavy atom. The summed E-state index contributed by atoms with van der Waals surface area (Å²) in [6.07, 6.45) is -0.668. The zero-order chi connectivity index (χ0) is 12.2. The molecule has 0 unspecified atom stereocenters. The van der Waals surface area contributed by atoms with Gasteiger partial charge in [0.1, 0.15) is 6.04 Å². The van der Waals surface area contributed by atoms with Crippen molar-refractivity contribution in [1.82, 2.24) is 5.32 Å². The summed E-state index contributed by atoms with van der Waals surface area (Å²) in [4.78, 5) is 28.2. The predicted molar refractivity (Wildman–Crippen MR) is 56.9 cm³/mol. The van der Waals surface area contributed by atoms with E-state index in [9.17, 15) is 9.36 Å². The molecular formula is C9H12NO5P. The Morgan fingerprint density at radius 2 is 1.88 bits per heavy atom. The van der Waals surface area contributed by atoms with Gasteiger partial charge in [-0.05, 0) is 5.56 Å². The topological polar surface area (TPSA) is 107 Å². The minimum absolute atomic E-state index is 0.448. The van der Waals surface area contributed by atoms with Crippen LogP contribution < -0.4 is 5.32 Å². The quantitative estimate of drug-likeness (QED) is 0.564. The van der Waals surface area contributed by atoms with E-state index >= 15 is 0 Å². The van der Waals surface area contributed by atoms with Gasteiger partial charge < -0.3 is 14.9 Å². The molecule has 4 N–H and O–H groups in total. The molecule has 16 heavy (non-hydrogen) atoms. The summed E-state index contributed by atoms with van der Waals surface area (Å²) in [6.45, 7) is 0. The number of benzene rings is 1. The molecule has 0 spiro atoms. The zero-order valence-electron chi connectivity index (χ0n) is 8.28. The van der Waals surface area contributed by atoms with Crippen molar-refractivity contribution in [2.75, 3.05) is 6.29 Å². The maximum absolute atomic E-state index is 10.9. The Labute approximate surface area is 92.1 Å². The highest BCUT2D eigenvalue weighted by molar-refractivity contribution is 7.51. The average Bonchev–Trinajstić information content (AvgIpc) is 2.17. The maximum atomic E-state index is 10.9. The molecule has 0 radical (unpaired) electrons. The molecule has 1 atom stereocenters. The third kappa shape index (κ3) is 4.12. The van der Waals surface area contributed by atoms with E-state index in [1.165, 1.54) is 0 Å². The van der Waals surface area contributed by atoms with Crippen molar-refractivity contribution in [1.29, 1.82) is 0 Å².